The van der Waals surface area contributed by atoms with Gasteiger partial charge < -0.3 is 14.4 Å². The van der Waals surface area contributed by atoms with Gasteiger partial charge in [0.1, 0.15) is 5.75 Å². The number of benzene rings is 2. The van der Waals surface area contributed by atoms with E-state index in [-0.39, 0.29) is 11.5 Å². The van der Waals surface area contributed by atoms with Gasteiger partial charge in [-0.05, 0) is 44.2 Å². The summed E-state index contributed by atoms with van der Waals surface area (Å²) in [6.45, 7) is 3.67. The van der Waals surface area contributed by atoms with E-state index in [1.165, 1.54) is 0 Å². The molecule has 0 saturated heterocycles. The minimum absolute atomic E-state index is 0.240. The molecular formula is C18H16F4N2O2. The fraction of sp³-hybridized carbons (Fsp3) is 0.278. The van der Waals surface area contributed by atoms with Crippen LogP contribution in [0.15, 0.2) is 42.7 Å². The van der Waals surface area contributed by atoms with E-state index in [0.29, 0.717) is 18.1 Å². The number of aliphatic hydroxyl groups is 1. The minimum Gasteiger partial charge on any atom is -0.454 e. The molecule has 8 heteroatoms. The maximum atomic E-state index is 13.9. The van der Waals surface area contributed by atoms with E-state index in [9.17, 15) is 22.7 Å². The van der Waals surface area contributed by atoms with Gasteiger partial charge in [-0.15, -0.1) is 0 Å². The van der Waals surface area contributed by atoms with Gasteiger partial charge in [0, 0.05) is 6.07 Å². The Kier molecular flexibility index (Phi) is 4.39. The maximum Gasteiger partial charge on any atom is 0.416 e. The van der Waals surface area contributed by atoms with Crippen molar-refractivity contribution in [1.82, 2.24) is 9.55 Å². The minimum atomic E-state index is -4.62. The Morgan fingerprint density at radius 2 is 1.85 bits per heavy atom. The first-order valence-electron chi connectivity index (χ1n) is 7.75. The lowest BCUT2D eigenvalue weighted by atomic mass is 10.1. The lowest BCUT2D eigenvalue weighted by molar-refractivity contribution is -0.137. The quantitative estimate of drug-likeness (QED) is 0.676. The van der Waals surface area contributed by atoms with Crippen LogP contribution in [-0.2, 0) is 12.7 Å². The summed E-state index contributed by atoms with van der Waals surface area (Å²) >= 11 is 0. The molecule has 0 spiro atoms. The molecule has 0 saturated carbocycles. The zero-order valence-corrected chi connectivity index (χ0v) is 14.0. The first-order valence-corrected chi connectivity index (χ1v) is 7.75. The van der Waals surface area contributed by atoms with E-state index in [4.69, 9.17) is 4.74 Å². The SMILES string of the molecule is CC(C)(O)Cn1cnc2cc(Oc3ccc(C(F)(F)F)cc3F)ccc21. The van der Waals surface area contributed by atoms with Gasteiger partial charge in [-0.1, -0.05) is 0 Å². The summed E-state index contributed by atoms with van der Waals surface area (Å²) in [4.78, 5) is 4.20. The highest BCUT2D eigenvalue weighted by Gasteiger charge is 2.31. The van der Waals surface area contributed by atoms with Crippen LogP contribution in [0.4, 0.5) is 17.6 Å². The van der Waals surface area contributed by atoms with Crippen molar-refractivity contribution in [3.05, 3.63) is 54.1 Å². The smallest absolute Gasteiger partial charge is 0.416 e. The highest BCUT2D eigenvalue weighted by atomic mass is 19.4. The third-order valence-electron chi connectivity index (χ3n) is 3.64. The summed E-state index contributed by atoms with van der Waals surface area (Å²) in [5.41, 5.74) is -0.707. The summed E-state index contributed by atoms with van der Waals surface area (Å²) in [5.74, 6) is -1.18. The Labute approximate surface area is 146 Å². The highest BCUT2D eigenvalue weighted by Crippen LogP contribution is 2.34. The number of rotatable bonds is 4. The van der Waals surface area contributed by atoms with Gasteiger partial charge in [0.2, 0.25) is 0 Å². The largest absolute Gasteiger partial charge is 0.454 e. The third kappa shape index (κ3) is 3.96. The van der Waals surface area contributed by atoms with Crippen LogP contribution in [0.25, 0.3) is 11.0 Å². The summed E-state index contributed by atoms with van der Waals surface area (Å²) in [6.07, 6.45) is -3.06. The number of nitrogens with zero attached hydrogens (tertiary/aromatic N) is 2. The Balaban J connectivity index is 1.86. The molecule has 138 valence electrons. The Hall–Kier alpha value is -2.61. The van der Waals surface area contributed by atoms with Crippen LogP contribution >= 0.6 is 0 Å². The number of imidazole rings is 1. The van der Waals surface area contributed by atoms with E-state index in [1.807, 2.05) is 0 Å². The second-order valence-corrected chi connectivity index (χ2v) is 6.58. The molecule has 0 atom stereocenters. The van der Waals surface area contributed by atoms with Crippen molar-refractivity contribution in [3.8, 4) is 11.5 Å². The van der Waals surface area contributed by atoms with Crippen LogP contribution in [0.5, 0.6) is 11.5 Å². The first kappa shape index (κ1) is 18.2. The third-order valence-corrected chi connectivity index (χ3v) is 3.64. The summed E-state index contributed by atoms with van der Waals surface area (Å²) in [7, 11) is 0. The monoisotopic (exact) mass is 368 g/mol. The van der Waals surface area contributed by atoms with Crippen LogP contribution < -0.4 is 4.74 Å². The van der Waals surface area contributed by atoms with Crippen molar-refractivity contribution in [1.29, 1.82) is 0 Å². The molecule has 1 aromatic heterocycles. The second-order valence-electron chi connectivity index (χ2n) is 6.58. The molecular weight excluding hydrogens is 352 g/mol. The second kappa shape index (κ2) is 6.28. The number of aromatic nitrogens is 2. The molecule has 0 aliphatic carbocycles. The van der Waals surface area contributed by atoms with Gasteiger partial charge in [-0.25, -0.2) is 9.37 Å². The van der Waals surface area contributed by atoms with Crippen molar-refractivity contribution < 1.29 is 27.4 Å². The molecule has 1 heterocycles. The molecule has 0 aliphatic rings. The lowest BCUT2D eigenvalue weighted by Gasteiger charge is -2.18. The zero-order chi connectivity index (χ0) is 19.1. The van der Waals surface area contributed by atoms with Crippen LogP contribution in [0, 0.1) is 5.82 Å². The Morgan fingerprint density at radius 1 is 1.12 bits per heavy atom. The molecule has 0 unspecified atom stereocenters. The number of hydrogen-bond donors (Lipinski definition) is 1. The molecule has 0 bridgehead atoms. The molecule has 0 radical (unpaired) electrons. The number of hydrogen-bond acceptors (Lipinski definition) is 3. The van der Waals surface area contributed by atoms with Gasteiger partial charge >= 0.3 is 6.18 Å². The fourth-order valence-corrected chi connectivity index (χ4v) is 2.54. The molecule has 1 N–H and O–H groups in total. The van der Waals surface area contributed by atoms with E-state index in [1.54, 1.807) is 42.9 Å². The number of fused-ring (bicyclic) bond motifs is 1. The summed E-state index contributed by atoms with van der Waals surface area (Å²) < 4.78 is 58.8. The average molecular weight is 368 g/mol. The molecule has 3 aromatic rings. The van der Waals surface area contributed by atoms with Gasteiger partial charge in [0.15, 0.2) is 11.6 Å². The van der Waals surface area contributed by atoms with Crippen LogP contribution in [0.1, 0.15) is 19.4 Å². The number of alkyl halides is 3. The summed E-state index contributed by atoms with van der Waals surface area (Å²) in [6, 6.07) is 6.89. The molecule has 0 fully saturated rings. The van der Waals surface area contributed by atoms with Crippen molar-refractivity contribution in [3.63, 3.8) is 0 Å². The van der Waals surface area contributed by atoms with Gasteiger partial charge in [-0.2, -0.15) is 13.2 Å². The molecule has 0 amide bonds. The molecule has 4 nitrogen and oxygen atoms in total. The predicted molar refractivity (Wildman–Crippen MR) is 87.5 cm³/mol. The fourth-order valence-electron chi connectivity index (χ4n) is 2.54. The van der Waals surface area contributed by atoms with Gasteiger partial charge in [0.05, 0.1) is 35.1 Å². The van der Waals surface area contributed by atoms with E-state index in [0.717, 1.165) is 17.6 Å². The van der Waals surface area contributed by atoms with E-state index < -0.39 is 23.2 Å². The summed E-state index contributed by atoms with van der Waals surface area (Å²) in [5, 5.41) is 9.91. The molecule has 2 aromatic carbocycles. The Morgan fingerprint density at radius 3 is 2.46 bits per heavy atom. The number of halogens is 4. The van der Waals surface area contributed by atoms with Crippen LogP contribution in [-0.4, -0.2) is 20.3 Å². The Bertz CT molecular complexity index is 942. The zero-order valence-electron chi connectivity index (χ0n) is 14.0. The predicted octanol–water partition coefficient (Wildman–Crippen LogP) is 4.76. The van der Waals surface area contributed by atoms with Crippen molar-refractivity contribution in [2.45, 2.75) is 32.2 Å². The first-order chi connectivity index (χ1) is 12.0. The molecule has 26 heavy (non-hydrogen) atoms. The normalized spacial score (nSPS) is 12.6. The molecule has 0 aliphatic heterocycles. The van der Waals surface area contributed by atoms with Crippen molar-refractivity contribution in [2.24, 2.45) is 0 Å². The van der Waals surface area contributed by atoms with Gasteiger partial charge in [-0.3, -0.25) is 0 Å². The highest BCUT2D eigenvalue weighted by molar-refractivity contribution is 5.77. The maximum absolute atomic E-state index is 13.9. The lowest BCUT2D eigenvalue weighted by Crippen LogP contribution is -2.25. The molecule has 3 rings (SSSR count). The topological polar surface area (TPSA) is 47.3 Å². The average Bonchev–Trinajstić information content (AvgIpc) is 2.89. The standard InChI is InChI=1S/C18H16F4N2O2/c1-17(2,25)9-24-10-23-14-8-12(4-5-15(14)24)26-16-6-3-11(7-13(16)19)18(20,21)22/h3-8,10,25H,9H2,1-2H3. The van der Waals surface area contributed by atoms with E-state index >= 15 is 0 Å². The van der Waals surface area contributed by atoms with Crippen molar-refractivity contribution in [2.75, 3.05) is 0 Å². The number of ether oxygens (including phenoxy) is 1. The van der Waals surface area contributed by atoms with E-state index in [2.05, 4.69) is 4.98 Å². The van der Waals surface area contributed by atoms with Crippen LogP contribution in [0.3, 0.4) is 0 Å². The van der Waals surface area contributed by atoms with Crippen molar-refractivity contribution >= 4 is 11.0 Å². The van der Waals surface area contributed by atoms with Crippen LogP contribution in [0.2, 0.25) is 0 Å². The van der Waals surface area contributed by atoms with Gasteiger partial charge in [0.25, 0.3) is 0 Å².